The quantitative estimate of drug-likeness (QED) is 0.707. The fourth-order valence-corrected chi connectivity index (χ4v) is 2.59. The Balaban J connectivity index is 1.78. The molecule has 1 aliphatic rings. The molecule has 1 aliphatic heterocycles. The number of para-hydroxylation sites is 2. The Morgan fingerprint density at radius 1 is 1.00 bits per heavy atom. The molecule has 20 heavy (non-hydrogen) atoms. The highest BCUT2D eigenvalue weighted by atomic mass is 14.8. The average molecular weight is 262 g/mol. The molecule has 0 aliphatic carbocycles. The summed E-state index contributed by atoms with van der Waals surface area (Å²) in [5.74, 6) is 0. The largest absolute Gasteiger partial charge is 0.261 e. The van der Waals surface area contributed by atoms with Crippen LogP contribution in [0, 0.1) is 0 Å². The molecule has 0 N–H and O–H groups in total. The Kier molecular flexibility index (Phi) is 3.23. The molecule has 0 saturated carbocycles. The maximum atomic E-state index is 4.76. The zero-order valence-corrected chi connectivity index (χ0v) is 11.9. The number of fused-ring (bicyclic) bond motifs is 1. The van der Waals surface area contributed by atoms with E-state index >= 15 is 0 Å². The Morgan fingerprint density at radius 2 is 1.70 bits per heavy atom. The number of benzene rings is 2. The van der Waals surface area contributed by atoms with Gasteiger partial charge in [0.2, 0.25) is 0 Å². The van der Waals surface area contributed by atoms with Crippen molar-refractivity contribution in [1.82, 2.24) is 0 Å². The molecule has 0 aromatic heterocycles. The van der Waals surface area contributed by atoms with Crippen molar-refractivity contribution in [2.75, 3.05) is 0 Å². The van der Waals surface area contributed by atoms with Crippen molar-refractivity contribution in [3.8, 4) is 0 Å². The van der Waals surface area contributed by atoms with Crippen LogP contribution in [0.25, 0.3) is 0 Å². The molecule has 100 valence electrons. The van der Waals surface area contributed by atoms with E-state index < -0.39 is 0 Å². The summed E-state index contributed by atoms with van der Waals surface area (Å²) in [7, 11) is 0. The van der Waals surface area contributed by atoms with Crippen LogP contribution in [-0.2, 0) is 5.41 Å². The zero-order valence-electron chi connectivity index (χ0n) is 11.9. The Labute approximate surface area is 119 Å². The number of rotatable bonds is 3. The molecule has 2 heteroatoms. The van der Waals surface area contributed by atoms with Crippen LogP contribution < -0.4 is 0 Å². The second kappa shape index (κ2) is 5.04. The number of aliphatic imine (C=N–C) groups is 2. The molecule has 1 heterocycles. The molecule has 2 aromatic carbocycles. The van der Waals surface area contributed by atoms with Crippen LogP contribution in [0.2, 0.25) is 0 Å². The Morgan fingerprint density at radius 3 is 2.45 bits per heavy atom. The van der Waals surface area contributed by atoms with Gasteiger partial charge in [-0.1, -0.05) is 50.2 Å². The van der Waals surface area contributed by atoms with Crippen molar-refractivity contribution in [3.63, 3.8) is 0 Å². The minimum absolute atomic E-state index is 0.000693. The zero-order chi connectivity index (χ0) is 14.0. The molecule has 0 bridgehead atoms. The molecule has 0 saturated heterocycles. The lowest BCUT2D eigenvalue weighted by Gasteiger charge is -2.21. The van der Waals surface area contributed by atoms with Gasteiger partial charge in [-0.3, -0.25) is 9.98 Å². The van der Waals surface area contributed by atoms with Crippen molar-refractivity contribution in [2.45, 2.75) is 25.7 Å². The second-order valence-electron chi connectivity index (χ2n) is 5.55. The van der Waals surface area contributed by atoms with Crippen molar-refractivity contribution in [2.24, 2.45) is 9.98 Å². The highest BCUT2D eigenvalue weighted by molar-refractivity contribution is 6.07. The summed E-state index contributed by atoms with van der Waals surface area (Å²) < 4.78 is 0. The van der Waals surface area contributed by atoms with Gasteiger partial charge >= 0.3 is 0 Å². The van der Waals surface area contributed by atoms with E-state index in [-0.39, 0.29) is 5.41 Å². The predicted octanol–water partition coefficient (Wildman–Crippen LogP) is 4.84. The summed E-state index contributed by atoms with van der Waals surface area (Å²) in [6.07, 6.45) is 2.75. The first-order valence-electron chi connectivity index (χ1n) is 6.93. The topological polar surface area (TPSA) is 24.7 Å². The van der Waals surface area contributed by atoms with Crippen LogP contribution in [-0.4, -0.2) is 11.9 Å². The molecule has 0 unspecified atom stereocenters. The van der Waals surface area contributed by atoms with Gasteiger partial charge < -0.3 is 0 Å². The first-order chi connectivity index (χ1) is 9.68. The van der Waals surface area contributed by atoms with E-state index in [1.807, 2.05) is 42.6 Å². The molecule has 0 spiro atoms. The van der Waals surface area contributed by atoms with Crippen LogP contribution in [0.4, 0.5) is 11.4 Å². The van der Waals surface area contributed by atoms with E-state index in [4.69, 9.17) is 4.99 Å². The lowest BCUT2D eigenvalue weighted by Crippen LogP contribution is -2.25. The van der Waals surface area contributed by atoms with E-state index in [0.717, 1.165) is 17.8 Å². The molecule has 2 nitrogen and oxygen atoms in total. The molecule has 0 fully saturated rings. The van der Waals surface area contributed by atoms with Gasteiger partial charge in [0.05, 0.1) is 11.4 Å². The molecular weight excluding hydrogens is 244 g/mol. The van der Waals surface area contributed by atoms with Crippen molar-refractivity contribution in [3.05, 3.63) is 60.2 Å². The fourth-order valence-electron chi connectivity index (χ4n) is 2.59. The minimum atomic E-state index is -0.000693. The summed E-state index contributed by atoms with van der Waals surface area (Å²) in [6.45, 7) is 4.46. The van der Waals surface area contributed by atoms with Crippen LogP contribution in [0.1, 0.15) is 25.8 Å². The summed E-state index contributed by atoms with van der Waals surface area (Å²) >= 11 is 0. The summed E-state index contributed by atoms with van der Waals surface area (Å²) in [6, 6.07) is 18.4. The van der Waals surface area contributed by atoms with Gasteiger partial charge in [-0.2, -0.15) is 0 Å². The maximum Gasteiger partial charge on any atom is 0.0670 e. The Hall–Kier alpha value is -2.22. The third-order valence-electron chi connectivity index (χ3n) is 3.84. The van der Waals surface area contributed by atoms with Gasteiger partial charge in [0.1, 0.15) is 0 Å². The standard InChI is InChI=1S/C18H18N2/c1-18(2)15-10-6-7-11-16(15)20-17(18)12-13-19-14-8-4-3-5-9-14/h3-11,13H,12H2,1-2H3. The number of hydrogen-bond acceptors (Lipinski definition) is 2. The summed E-state index contributed by atoms with van der Waals surface area (Å²) in [4.78, 5) is 9.25. The van der Waals surface area contributed by atoms with Crippen LogP contribution >= 0.6 is 0 Å². The lowest BCUT2D eigenvalue weighted by atomic mass is 9.80. The average Bonchev–Trinajstić information content (AvgIpc) is 2.72. The molecule has 0 atom stereocenters. The van der Waals surface area contributed by atoms with Gasteiger partial charge in [0, 0.05) is 23.8 Å². The Bertz CT molecular complexity index is 667. The highest BCUT2D eigenvalue weighted by Gasteiger charge is 2.33. The summed E-state index contributed by atoms with van der Waals surface area (Å²) in [5.41, 5.74) is 4.57. The van der Waals surface area contributed by atoms with Gasteiger partial charge in [-0.25, -0.2) is 0 Å². The second-order valence-corrected chi connectivity index (χ2v) is 5.55. The maximum absolute atomic E-state index is 4.76. The van der Waals surface area contributed by atoms with Crippen LogP contribution in [0.5, 0.6) is 0 Å². The molecule has 0 radical (unpaired) electrons. The van der Waals surface area contributed by atoms with Crippen molar-refractivity contribution in [1.29, 1.82) is 0 Å². The number of nitrogens with zero attached hydrogens (tertiary/aromatic N) is 2. The van der Waals surface area contributed by atoms with Gasteiger partial charge in [-0.15, -0.1) is 0 Å². The van der Waals surface area contributed by atoms with E-state index in [1.165, 1.54) is 11.3 Å². The molecule has 2 aromatic rings. The summed E-state index contributed by atoms with van der Waals surface area (Å²) in [5, 5.41) is 0. The predicted molar refractivity (Wildman–Crippen MR) is 85.8 cm³/mol. The third kappa shape index (κ3) is 2.29. The van der Waals surface area contributed by atoms with Crippen molar-refractivity contribution >= 4 is 23.3 Å². The number of hydrogen-bond donors (Lipinski definition) is 0. The monoisotopic (exact) mass is 262 g/mol. The first-order valence-corrected chi connectivity index (χ1v) is 6.93. The van der Waals surface area contributed by atoms with Gasteiger partial charge in [-0.05, 0) is 23.8 Å². The first kappa shape index (κ1) is 12.8. The molecule has 0 amide bonds. The fraction of sp³-hybridized carbons (Fsp3) is 0.222. The highest BCUT2D eigenvalue weighted by Crippen LogP contribution is 2.40. The van der Waals surface area contributed by atoms with Crippen molar-refractivity contribution < 1.29 is 0 Å². The van der Waals surface area contributed by atoms with E-state index in [2.05, 4.69) is 37.0 Å². The van der Waals surface area contributed by atoms with Gasteiger partial charge in [0.25, 0.3) is 0 Å². The molecular formula is C18H18N2. The van der Waals surface area contributed by atoms with E-state index in [9.17, 15) is 0 Å². The smallest absolute Gasteiger partial charge is 0.0670 e. The van der Waals surface area contributed by atoms with E-state index in [0.29, 0.717) is 0 Å². The van der Waals surface area contributed by atoms with Crippen LogP contribution in [0.3, 0.4) is 0 Å². The van der Waals surface area contributed by atoms with Gasteiger partial charge in [0.15, 0.2) is 0 Å². The normalized spacial score (nSPS) is 16.2. The lowest BCUT2D eigenvalue weighted by molar-refractivity contribution is 0.729. The SMILES string of the molecule is CC1(C)C(CC=Nc2ccccc2)=Nc2ccccc21. The van der Waals surface area contributed by atoms with Crippen LogP contribution in [0.15, 0.2) is 64.6 Å². The van der Waals surface area contributed by atoms with E-state index in [1.54, 1.807) is 0 Å². The third-order valence-corrected chi connectivity index (χ3v) is 3.84. The minimum Gasteiger partial charge on any atom is -0.261 e. The molecule has 3 rings (SSSR count).